The van der Waals surface area contributed by atoms with Gasteiger partial charge in [-0.2, -0.15) is 11.8 Å². The lowest BCUT2D eigenvalue weighted by molar-refractivity contribution is -0.138. The number of hydrogen-bond acceptors (Lipinski definition) is 7. The van der Waals surface area contributed by atoms with Gasteiger partial charge >= 0.3 is 18.0 Å². The van der Waals surface area contributed by atoms with Crippen molar-refractivity contribution < 1.29 is 33.8 Å². The average Bonchev–Trinajstić information content (AvgIpc) is 2.62. The zero-order chi connectivity index (χ0) is 20.2. The van der Waals surface area contributed by atoms with Gasteiger partial charge in [0, 0.05) is 6.92 Å². The van der Waals surface area contributed by atoms with E-state index in [0.717, 1.165) is 0 Å². The van der Waals surface area contributed by atoms with Crippen LogP contribution in [0.3, 0.4) is 0 Å². The van der Waals surface area contributed by atoms with Crippen molar-refractivity contribution in [1.82, 2.24) is 10.6 Å². The molecule has 0 saturated heterocycles. The Morgan fingerprint density at radius 2 is 1.85 bits per heavy atom. The van der Waals surface area contributed by atoms with Crippen molar-refractivity contribution in [2.75, 3.05) is 18.6 Å². The SMILES string of the molecule is CSCC[C@H](NC(=O)OCc1ccc(OC(C)=O)cc1)C(=O)NCC(=O)O. The fourth-order valence-electron chi connectivity index (χ4n) is 1.94. The number of carbonyl (C=O) groups excluding carboxylic acids is 3. The molecule has 0 bridgehead atoms. The molecule has 0 aliphatic rings. The first-order valence-electron chi connectivity index (χ1n) is 8.01. The predicted octanol–water partition coefficient (Wildman–Crippen LogP) is 1.16. The number of benzene rings is 1. The number of amides is 2. The molecule has 0 radical (unpaired) electrons. The Morgan fingerprint density at radius 1 is 1.19 bits per heavy atom. The highest BCUT2D eigenvalue weighted by atomic mass is 32.2. The zero-order valence-corrected chi connectivity index (χ0v) is 15.8. The molecule has 1 rings (SSSR count). The van der Waals surface area contributed by atoms with Crippen molar-refractivity contribution in [3.05, 3.63) is 29.8 Å². The highest BCUT2D eigenvalue weighted by molar-refractivity contribution is 7.98. The maximum absolute atomic E-state index is 12.0. The third-order valence-corrected chi connectivity index (χ3v) is 3.83. The summed E-state index contributed by atoms with van der Waals surface area (Å²) in [5.74, 6) is -1.22. The molecule has 10 heteroatoms. The summed E-state index contributed by atoms with van der Waals surface area (Å²) in [5, 5.41) is 13.3. The van der Waals surface area contributed by atoms with Crippen LogP contribution in [-0.4, -0.2) is 53.6 Å². The molecule has 1 aromatic rings. The number of carboxylic acid groups (broad SMARTS) is 1. The van der Waals surface area contributed by atoms with E-state index in [1.807, 2.05) is 6.26 Å². The molecule has 0 fully saturated rings. The summed E-state index contributed by atoms with van der Waals surface area (Å²) in [6.45, 7) is 0.722. The number of hydrogen-bond donors (Lipinski definition) is 3. The molecule has 148 valence electrons. The Labute approximate surface area is 160 Å². The van der Waals surface area contributed by atoms with Crippen LogP contribution in [-0.2, 0) is 25.7 Å². The van der Waals surface area contributed by atoms with Crippen LogP contribution in [0.5, 0.6) is 5.75 Å². The molecule has 3 N–H and O–H groups in total. The van der Waals surface area contributed by atoms with Gasteiger partial charge in [0.15, 0.2) is 0 Å². The minimum atomic E-state index is -1.17. The normalized spacial score (nSPS) is 11.2. The smallest absolute Gasteiger partial charge is 0.408 e. The molecule has 0 spiro atoms. The third kappa shape index (κ3) is 9.50. The Balaban J connectivity index is 2.53. The lowest BCUT2D eigenvalue weighted by atomic mass is 10.2. The standard InChI is InChI=1S/C17H22N2O7S/c1-11(20)26-13-5-3-12(4-6-13)10-25-17(24)19-14(7-8-27-2)16(23)18-9-15(21)22/h3-6,14H,7-10H2,1-2H3,(H,18,23)(H,19,24)(H,21,22)/t14-/m0/s1. The number of carbonyl (C=O) groups is 4. The molecule has 1 atom stereocenters. The van der Waals surface area contributed by atoms with Crippen LogP contribution in [0.2, 0.25) is 0 Å². The van der Waals surface area contributed by atoms with Crippen molar-refractivity contribution in [3.63, 3.8) is 0 Å². The topological polar surface area (TPSA) is 131 Å². The van der Waals surface area contributed by atoms with Gasteiger partial charge in [0.25, 0.3) is 0 Å². The third-order valence-electron chi connectivity index (χ3n) is 3.19. The van der Waals surface area contributed by atoms with Gasteiger partial charge in [-0.25, -0.2) is 4.79 Å². The Hall–Kier alpha value is -2.75. The number of nitrogens with one attached hydrogen (secondary N) is 2. The molecule has 1 aromatic carbocycles. The van der Waals surface area contributed by atoms with Crippen LogP contribution in [0.15, 0.2) is 24.3 Å². The van der Waals surface area contributed by atoms with Gasteiger partial charge in [-0.3, -0.25) is 14.4 Å². The molecular weight excluding hydrogens is 376 g/mol. The number of alkyl carbamates (subject to hydrolysis) is 1. The van der Waals surface area contributed by atoms with E-state index < -0.39 is 36.5 Å². The summed E-state index contributed by atoms with van der Waals surface area (Å²) in [7, 11) is 0. The lowest BCUT2D eigenvalue weighted by Crippen LogP contribution is -2.48. The molecule has 2 amide bonds. The molecule has 0 saturated carbocycles. The van der Waals surface area contributed by atoms with Crippen LogP contribution in [0.25, 0.3) is 0 Å². The number of aliphatic carboxylic acids is 1. The molecule has 9 nitrogen and oxygen atoms in total. The van der Waals surface area contributed by atoms with Crippen LogP contribution in [0, 0.1) is 0 Å². The van der Waals surface area contributed by atoms with Gasteiger partial charge in [-0.15, -0.1) is 0 Å². The Morgan fingerprint density at radius 3 is 2.41 bits per heavy atom. The minimum Gasteiger partial charge on any atom is -0.480 e. The average molecular weight is 398 g/mol. The van der Waals surface area contributed by atoms with Crippen LogP contribution < -0.4 is 15.4 Å². The van der Waals surface area contributed by atoms with Gasteiger partial charge in [-0.1, -0.05) is 12.1 Å². The van der Waals surface area contributed by atoms with Crippen molar-refractivity contribution in [2.24, 2.45) is 0 Å². The van der Waals surface area contributed by atoms with Gasteiger partial charge in [0.1, 0.15) is 24.9 Å². The first-order valence-corrected chi connectivity index (χ1v) is 9.40. The quantitative estimate of drug-likeness (QED) is 0.395. The van der Waals surface area contributed by atoms with Gasteiger partial charge in [0.2, 0.25) is 5.91 Å². The second kappa shape index (κ2) is 11.8. The molecule has 0 aliphatic carbocycles. The Kier molecular flexibility index (Phi) is 9.73. The van der Waals surface area contributed by atoms with Crippen molar-refractivity contribution in [2.45, 2.75) is 26.0 Å². The number of carboxylic acids is 1. The summed E-state index contributed by atoms with van der Waals surface area (Å²) >= 11 is 1.49. The molecular formula is C17H22N2O7S. The maximum Gasteiger partial charge on any atom is 0.408 e. The van der Waals surface area contributed by atoms with Gasteiger partial charge in [-0.05, 0) is 36.1 Å². The van der Waals surface area contributed by atoms with E-state index in [1.54, 1.807) is 24.3 Å². The number of esters is 1. The van der Waals surface area contributed by atoms with E-state index in [0.29, 0.717) is 23.5 Å². The lowest BCUT2D eigenvalue weighted by Gasteiger charge is -2.17. The van der Waals surface area contributed by atoms with E-state index in [1.165, 1.54) is 18.7 Å². The molecule has 0 unspecified atom stereocenters. The second-order valence-electron chi connectivity index (χ2n) is 5.40. The van der Waals surface area contributed by atoms with E-state index >= 15 is 0 Å². The van der Waals surface area contributed by atoms with E-state index in [-0.39, 0.29) is 6.61 Å². The van der Waals surface area contributed by atoms with Crippen molar-refractivity contribution in [1.29, 1.82) is 0 Å². The fraction of sp³-hybridized carbons (Fsp3) is 0.412. The van der Waals surface area contributed by atoms with Crippen molar-refractivity contribution >= 4 is 35.7 Å². The van der Waals surface area contributed by atoms with Gasteiger partial charge < -0.3 is 25.2 Å². The molecule has 27 heavy (non-hydrogen) atoms. The first kappa shape index (κ1) is 22.3. The monoisotopic (exact) mass is 398 g/mol. The van der Waals surface area contributed by atoms with Crippen LogP contribution >= 0.6 is 11.8 Å². The summed E-state index contributed by atoms with van der Waals surface area (Å²) in [6, 6.07) is 5.51. The van der Waals surface area contributed by atoms with Crippen LogP contribution in [0.1, 0.15) is 18.9 Å². The predicted molar refractivity (Wildman–Crippen MR) is 98.5 cm³/mol. The molecule has 0 heterocycles. The number of thioether (sulfide) groups is 1. The number of ether oxygens (including phenoxy) is 2. The summed E-state index contributed by atoms with van der Waals surface area (Å²) in [5.41, 5.74) is 0.664. The van der Waals surface area contributed by atoms with E-state index in [4.69, 9.17) is 14.6 Å². The van der Waals surface area contributed by atoms with Crippen molar-refractivity contribution in [3.8, 4) is 5.75 Å². The highest BCUT2D eigenvalue weighted by Gasteiger charge is 2.21. The van der Waals surface area contributed by atoms with E-state index in [9.17, 15) is 19.2 Å². The first-order chi connectivity index (χ1) is 12.8. The molecule has 0 aromatic heterocycles. The summed E-state index contributed by atoms with van der Waals surface area (Å²) < 4.78 is 9.98. The summed E-state index contributed by atoms with van der Waals surface area (Å²) in [4.78, 5) is 45.3. The van der Waals surface area contributed by atoms with Crippen LogP contribution in [0.4, 0.5) is 4.79 Å². The fourth-order valence-corrected chi connectivity index (χ4v) is 2.41. The Bertz CT molecular complexity index is 664. The molecule has 0 aliphatic heterocycles. The highest BCUT2D eigenvalue weighted by Crippen LogP contribution is 2.13. The summed E-state index contributed by atoms with van der Waals surface area (Å²) in [6.07, 6.45) is 1.39. The second-order valence-corrected chi connectivity index (χ2v) is 6.39. The van der Waals surface area contributed by atoms with Gasteiger partial charge in [0.05, 0.1) is 0 Å². The number of rotatable bonds is 10. The maximum atomic E-state index is 12.0. The van der Waals surface area contributed by atoms with E-state index in [2.05, 4.69) is 10.6 Å². The largest absolute Gasteiger partial charge is 0.480 e. The zero-order valence-electron chi connectivity index (χ0n) is 15.0. The minimum absolute atomic E-state index is 0.0435.